The monoisotopic (exact) mass is 408 g/mol. The molecule has 0 aliphatic carbocycles. The SMILES string of the molecule is C[C@@H]1CCCCN1CC(=O)Nc1sc2c(c1C#N)CCN(Cc1ccccc1)C2. The zero-order valence-electron chi connectivity index (χ0n) is 17.0. The molecule has 0 saturated carbocycles. The minimum absolute atomic E-state index is 0.00464. The van der Waals surface area contributed by atoms with Crippen molar-refractivity contribution in [3.63, 3.8) is 0 Å². The topological polar surface area (TPSA) is 59.4 Å². The first-order chi connectivity index (χ1) is 14.1. The molecule has 5 nitrogen and oxygen atoms in total. The first-order valence-corrected chi connectivity index (χ1v) is 11.3. The van der Waals surface area contributed by atoms with Crippen molar-refractivity contribution >= 4 is 22.2 Å². The number of fused-ring (bicyclic) bond motifs is 1. The molecule has 2 aliphatic heterocycles. The van der Waals surface area contributed by atoms with E-state index in [2.05, 4.69) is 52.4 Å². The second-order valence-electron chi connectivity index (χ2n) is 8.13. The van der Waals surface area contributed by atoms with Crippen LogP contribution >= 0.6 is 11.3 Å². The molecule has 2 aromatic rings. The highest BCUT2D eigenvalue weighted by atomic mass is 32.1. The number of thiophene rings is 1. The summed E-state index contributed by atoms with van der Waals surface area (Å²) in [6.45, 7) is 6.27. The number of likely N-dealkylation sites (tertiary alicyclic amines) is 1. The summed E-state index contributed by atoms with van der Waals surface area (Å²) in [6, 6.07) is 13.3. The smallest absolute Gasteiger partial charge is 0.239 e. The van der Waals surface area contributed by atoms with Gasteiger partial charge in [0.05, 0.1) is 12.1 Å². The third-order valence-corrected chi connectivity index (χ3v) is 7.17. The van der Waals surface area contributed by atoms with Crippen LogP contribution in [0.3, 0.4) is 0 Å². The number of nitrogens with zero attached hydrogens (tertiary/aromatic N) is 3. The highest BCUT2D eigenvalue weighted by Crippen LogP contribution is 2.37. The van der Waals surface area contributed by atoms with Crippen molar-refractivity contribution in [1.29, 1.82) is 5.26 Å². The predicted octanol–water partition coefficient (Wildman–Crippen LogP) is 3.99. The van der Waals surface area contributed by atoms with Gasteiger partial charge in [-0.1, -0.05) is 36.8 Å². The van der Waals surface area contributed by atoms with Gasteiger partial charge in [-0.05, 0) is 43.9 Å². The maximum Gasteiger partial charge on any atom is 0.239 e. The zero-order valence-corrected chi connectivity index (χ0v) is 17.8. The Hall–Kier alpha value is -2.20. The number of nitriles is 1. The quantitative estimate of drug-likeness (QED) is 0.813. The van der Waals surface area contributed by atoms with E-state index in [4.69, 9.17) is 0 Å². The van der Waals surface area contributed by atoms with Gasteiger partial charge in [0.2, 0.25) is 5.91 Å². The van der Waals surface area contributed by atoms with E-state index in [0.717, 1.165) is 56.0 Å². The molecule has 0 unspecified atom stereocenters. The number of carbonyl (C=O) groups excluding carboxylic acids is 1. The fourth-order valence-corrected chi connectivity index (χ4v) is 5.64. The van der Waals surface area contributed by atoms with Gasteiger partial charge in [-0.2, -0.15) is 5.26 Å². The van der Waals surface area contributed by atoms with Gasteiger partial charge in [0.25, 0.3) is 0 Å². The number of benzene rings is 1. The Bertz CT molecular complexity index is 902. The average Bonchev–Trinajstić information content (AvgIpc) is 3.06. The molecule has 1 saturated heterocycles. The van der Waals surface area contributed by atoms with Crippen LogP contribution in [-0.4, -0.2) is 41.4 Å². The van der Waals surface area contributed by atoms with Crippen LogP contribution in [0.25, 0.3) is 0 Å². The summed E-state index contributed by atoms with van der Waals surface area (Å²) < 4.78 is 0. The fraction of sp³-hybridized carbons (Fsp3) is 0.478. The average molecular weight is 409 g/mol. The van der Waals surface area contributed by atoms with Crippen LogP contribution in [0.5, 0.6) is 0 Å². The van der Waals surface area contributed by atoms with Crippen LogP contribution in [0.4, 0.5) is 5.00 Å². The zero-order chi connectivity index (χ0) is 20.2. The molecule has 1 N–H and O–H groups in total. The van der Waals surface area contributed by atoms with Gasteiger partial charge < -0.3 is 5.32 Å². The summed E-state index contributed by atoms with van der Waals surface area (Å²) in [5, 5.41) is 13.5. The highest BCUT2D eigenvalue weighted by Gasteiger charge is 2.26. The van der Waals surface area contributed by atoms with Crippen LogP contribution in [0, 0.1) is 11.3 Å². The second kappa shape index (κ2) is 9.08. The molecule has 1 fully saturated rings. The number of amides is 1. The van der Waals surface area contributed by atoms with Gasteiger partial charge in [-0.3, -0.25) is 14.6 Å². The summed E-state index contributed by atoms with van der Waals surface area (Å²) in [7, 11) is 0. The van der Waals surface area contributed by atoms with Gasteiger partial charge in [0.15, 0.2) is 0 Å². The standard InChI is InChI=1S/C23H28N4OS/c1-17-7-5-6-11-27(17)16-22(28)25-23-20(13-24)19-10-12-26(15-21(19)29-23)14-18-8-3-2-4-9-18/h2-4,8-9,17H,5-7,10-12,14-16H2,1H3,(H,25,28)/t17-/m1/s1. The lowest BCUT2D eigenvalue weighted by molar-refractivity contribution is -0.118. The van der Waals surface area contributed by atoms with Crippen molar-refractivity contribution in [3.8, 4) is 6.07 Å². The Morgan fingerprint density at radius 3 is 2.86 bits per heavy atom. The minimum atomic E-state index is -0.00464. The normalized spacial score (nSPS) is 20.1. The summed E-state index contributed by atoms with van der Waals surface area (Å²) in [5.41, 5.74) is 3.10. The number of rotatable bonds is 5. The number of hydrogen-bond acceptors (Lipinski definition) is 5. The molecule has 152 valence electrons. The molecule has 0 bridgehead atoms. The van der Waals surface area contributed by atoms with Gasteiger partial charge in [-0.15, -0.1) is 11.3 Å². The van der Waals surface area contributed by atoms with Crippen molar-refractivity contribution in [2.75, 3.05) is 25.0 Å². The summed E-state index contributed by atoms with van der Waals surface area (Å²) >= 11 is 1.58. The maximum atomic E-state index is 12.6. The highest BCUT2D eigenvalue weighted by molar-refractivity contribution is 7.16. The lowest BCUT2D eigenvalue weighted by atomic mass is 10.0. The third-order valence-electron chi connectivity index (χ3n) is 6.04. The molecule has 0 spiro atoms. The Balaban J connectivity index is 1.43. The molecule has 1 aromatic heterocycles. The third kappa shape index (κ3) is 4.69. The van der Waals surface area contributed by atoms with Crippen LogP contribution in [0.15, 0.2) is 30.3 Å². The molecule has 3 heterocycles. The van der Waals surface area contributed by atoms with E-state index in [1.165, 1.54) is 16.9 Å². The van der Waals surface area contributed by atoms with Crippen molar-refractivity contribution in [2.45, 2.75) is 51.7 Å². The lowest BCUT2D eigenvalue weighted by Gasteiger charge is -2.32. The number of hydrogen-bond donors (Lipinski definition) is 1. The van der Waals surface area contributed by atoms with Gasteiger partial charge in [0, 0.05) is 30.6 Å². The molecule has 4 rings (SSSR count). The first-order valence-electron chi connectivity index (χ1n) is 10.5. The minimum Gasteiger partial charge on any atom is -0.315 e. The molecule has 0 radical (unpaired) electrons. The fourth-order valence-electron chi connectivity index (χ4n) is 4.38. The molecule has 29 heavy (non-hydrogen) atoms. The summed E-state index contributed by atoms with van der Waals surface area (Å²) in [6.07, 6.45) is 4.42. The molecular formula is C23H28N4OS. The Morgan fingerprint density at radius 2 is 2.10 bits per heavy atom. The van der Waals surface area contributed by atoms with Crippen molar-refractivity contribution in [3.05, 3.63) is 51.9 Å². The molecule has 1 aromatic carbocycles. The molecule has 1 atom stereocenters. The van der Waals surface area contributed by atoms with E-state index in [0.29, 0.717) is 18.2 Å². The Labute approximate surface area is 176 Å². The van der Waals surface area contributed by atoms with E-state index >= 15 is 0 Å². The van der Waals surface area contributed by atoms with Crippen LogP contribution < -0.4 is 5.32 Å². The molecular weight excluding hydrogens is 380 g/mol. The van der Waals surface area contributed by atoms with Crippen molar-refractivity contribution < 1.29 is 4.79 Å². The van der Waals surface area contributed by atoms with Crippen LogP contribution in [0.1, 0.15) is 47.8 Å². The van der Waals surface area contributed by atoms with E-state index in [1.807, 2.05) is 6.07 Å². The molecule has 1 amide bonds. The number of piperidine rings is 1. The first kappa shape index (κ1) is 20.1. The van der Waals surface area contributed by atoms with E-state index in [1.54, 1.807) is 11.3 Å². The molecule has 6 heteroatoms. The maximum absolute atomic E-state index is 12.6. The number of carbonyl (C=O) groups is 1. The van der Waals surface area contributed by atoms with Crippen molar-refractivity contribution in [1.82, 2.24) is 9.80 Å². The van der Waals surface area contributed by atoms with Gasteiger partial charge in [-0.25, -0.2) is 0 Å². The van der Waals surface area contributed by atoms with E-state index < -0.39 is 0 Å². The van der Waals surface area contributed by atoms with Gasteiger partial charge in [0.1, 0.15) is 11.1 Å². The Morgan fingerprint density at radius 1 is 1.28 bits per heavy atom. The second-order valence-corrected chi connectivity index (χ2v) is 9.23. The summed E-state index contributed by atoms with van der Waals surface area (Å²) in [5.74, 6) is -0.00464. The molecule has 2 aliphatic rings. The van der Waals surface area contributed by atoms with E-state index in [9.17, 15) is 10.1 Å². The Kier molecular flexibility index (Phi) is 6.29. The predicted molar refractivity (Wildman–Crippen MR) is 117 cm³/mol. The largest absolute Gasteiger partial charge is 0.315 e. The summed E-state index contributed by atoms with van der Waals surface area (Å²) in [4.78, 5) is 18.5. The van der Waals surface area contributed by atoms with Crippen LogP contribution in [-0.2, 0) is 24.3 Å². The van der Waals surface area contributed by atoms with E-state index in [-0.39, 0.29) is 5.91 Å². The van der Waals surface area contributed by atoms with Gasteiger partial charge >= 0.3 is 0 Å². The number of nitrogens with one attached hydrogen (secondary N) is 1. The van der Waals surface area contributed by atoms with Crippen LogP contribution in [0.2, 0.25) is 0 Å². The van der Waals surface area contributed by atoms with Crippen molar-refractivity contribution in [2.24, 2.45) is 0 Å². The number of anilines is 1. The lowest BCUT2D eigenvalue weighted by Crippen LogP contribution is -2.42.